The van der Waals surface area contributed by atoms with Crippen LogP contribution in [0.4, 0.5) is 5.69 Å². The average Bonchev–Trinajstić information content (AvgIpc) is 2.46. The first kappa shape index (κ1) is 16.7. The van der Waals surface area contributed by atoms with Crippen LogP contribution >= 0.6 is 11.6 Å². The minimum absolute atomic E-state index is 0.00283. The Bertz CT molecular complexity index is 620. The number of benzene rings is 1. The number of amides is 1. The van der Waals surface area contributed by atoms with Gasteiger partial charge in [-0.25, -0.2) is 0 Å². The molecule has 0 bridgehead atoms. The van der Waals surface area contributed by atoms with Crippen LogP contribution in [0.25, 0.3) is 6.08 Å². The average molecular weight is 308 g/mol. The molecule has 0 radical (unpaired) electrons. The van der Waals surface area contributed by atoms with Crippen molar-refractivity contribution in [3.05, 3.63) is 44.5 Å². The number of nitrogens with zero attached hydrogens (tertiary/aromatic N) is 2. The maximum Gasteiger partial charge on any atom is 0.288 e. The predicted molar refractivity (Wildman–Crippen MR) is 79.6 cm³/mol. The highest BCUT2D eigenvalue weighted by Gasteiger charge is 2.13. The fourth-order valence-electron chi connectivity index (χ4n) is 1.55. The number of nitro benzene ring substituents is 1. The van der Waals surface area contributed by atoms with Crippen molar-refractivity contribution in [3.8, 4) is 6.07 Å². The minimum atomic E-state index is -0.618. The number of nitrogens with one attached hydrogen (secondary N) is 1. The Balaban J connectivity index is 2.98. The second kappa shape index (κ2) is 8.02. The van der Waals surface area contributed by atoms with E-state index in [-0.39, 0.29) is 16.3 Å². The zero-order valence-corrected chi connectivity index (χ0v) is 12.2. The number of carbonyl (C=O) groups is 1. The third-order valence-electron chi connectivity index (χ3n) is 2.66. The van der Waals surface area contributed by atoms with Crippen molar-refractivity contribution in [2.75, 3.05) is 6.54 Å². The van der Waals surface area contributed by atoms with Crippen LogP contribution < -0.4 is 5.32 Å². The van der Waals surface area contributed by atoms with Crippen LogP contribution in [0, 0.1) is 21.4 Å². The van der Waals surface area contributed by atoms with Crippen LogP contribution in [-0.2, 0) is 4.79 Å². The van der Waals surface area contributed by atoms with E-state index in [9.17, 15) is 14.9 Å². The zero-order valence-electron chi connectivity index (χ0n) is 11.4. The van der Waals surface area contributed by atoms with E-state index in [2.05, 4.69) is 5.32 Å². The molecule has 7 heteroatoms. The highest BCUT2D eigenvalue weighted by atomic mass is 35.5. The Morgan fingerprint density at radius 1 is 1.57 bits per heavy atom. The summed E-state index contributed by atoms with van der Waals surface area (Å²) in [7, 11) is 0. The smallest absolute Gasteiger partial charge is 0.288 e. The Morgan fingerprint density at radius 3 is 2.86 bits per heavy atom. The van der Waals surface area contributed by atoms with E-state index >= 15 is 0 Å². The Kier molecular flexibility index (Phi) is 6.37. The van der Waals surface area contributed by atoms with Gasteiger partial charge in [0.25, 0.3) is 11.6 Å². The SMILES string of the molecule is CCCCNC(=O)/C(C#N)=C/c1ccc(Cl)c([N+](=O)[O-])c1. The molecule has 110 valence electrons. The Labute approximate surface area is 127 Å². The summed E-state index contributed by atoms with van der Waals surface area (Å²) in [6, 6.07) is 5.87. The van der Waals surface area contributed by atoms with Crippen LogP contribution in [0.2, 0.25) is 5.02 Å². The third-order valence-corrected chi connectivity index (χ3v) is 2.98. The molecule has 0 aliphatic heterocycles. The quantitative estimate of drug-likeness (QED) is 0.287. The van der Waals surface area contributed by atoms with Crippen LogP contribution in [0.1, 0.15) is 25.3 Å². The molecule has 1 aromatic rings. The van der Waals surface area contributed by atoms with Crippen LogP contribution in [0.3, 0.4) is 0 Å². The number of unbranched alkanes of at least 4 members (excludes halogenated alkanes) is 1. The summed E-state index contributed by atoms with van der Waals surface area (Å²) in [5, 5.41) is 22.4. The molecule has 0 aliphatic carbocycles. The molecule has 21 heavy (non-hydrogen) atoms. The number of nitro groups is 1. The standard InChI is InChI=1S/C14H14ClN3O3/c1-2-3-6-17-14(19)11(9-16)7-10-4-5-12(15)13(8-10)18(20)21/h4-5,7-8H,2-3,6H2,1H3,(H,17,19)/b11-7+. The van der Waals surface area contributed by atoms with Gasteiger partial charge in [0.15, 0.2) is 0 Å². The van der Waals surface area contributed by atoms with E-state index in [0.29, 0.717) is 12.1 Å². The third kappa shape index (κ3) is 4.89. The van der Waals surface area contributed by atoms with Crippen molar-refractivity contribution in [3.63, 3.8) is 0 Å². The van der Waals surface area contributed by atoms with Crippen molar-refractivity contribution >= 4 is 29.3 Å². The van der Waals surface area contributed by atoms with E-state index < -0.39 is 10.8 Å². The number of carbonyl (C=O) groups excluding carboxylic acids is 1. The topological polar surface area (TPSA) is 96.0 Å². The molecule has 0 saturated heterocycles. The van der Waals surface area contributed by atoms with E-state index in [0.717, 1.165) is 12.8 Å². The number of halogens is 1. The fraction of sp³-hybridized carbons (Fsp3) is 0.286. The first-order chi connectivity index (χ1) is 9.99. The minimum Gasteiger partial charge on any atom is -0.351 e. The molecule has 1 aromatic carbocycles. The highest BCUT2D eigenvalue weighted by Crippen LogP contribution is 2.26. The molecule has 0 unspecified atom stereocenters. The summed E-state index contributed by atoms with van der Waals surface area (Å²) < 4.78 is 0. The van der Waals surface area contributed by atoms with Gasteiger partial charge in [-0.2, -0.15) is 5.26 Å². The van der Waals surface area contributed by atoms with Crippen molar-refractivity contribution in [2.24, 2.45) is 0 Å². The summed E-state index contributed by atoms with van der Waals surface area (Å²) in [6.45, 7) is 2.47. The van der Waals surface area contributed by atoms with E-state index in [1.807, 2.05) is 6.92 Å². The lowest BCUT2D eigenvalue weighted by Crippen LogP contribution is -2.25. The molecule has 1 amide bonds. The van der Waals surface area contributed by atoms with Gasteiger partial charge in [0.1, 0.15) is 16.7 Å². The molecule has 0 aromatic heterocycles. The number of hydrogen-bond donors (Lipinski definition) is 1. The molecular formula is C14H14ClN3O3. The predicted octanol–water partition coefficient (Wildman–Crippen LogP) is 3.07. The van der Waals surface area contributed by atoms with Gasteiger partial charge in [-0.05, 0) is 24.1 Å². The second-order valence-corrected chi connectivity index (χ2v) is 4.65. The summed E-state index contributed by atoms with van der Waals surface area (Å²) in [6.07, 6.45) is 3.04. The lowest BCUT2D eigenvalue weighted by molar-refractivity contribution is -0.384. The molecule has 1 N–H and O–H groups in total. The fourth-order valence-corrected chi connectivity index (χ4v) is 1.74. The van der Waals surface area contributed by atoms with Gasteiger partial charge < -0.3 is 5.32 Å². The summed E-state index contributed by atoms with van der Waals surface area (Å²) in [5.74, 6) is -0.497. The molecule has 0 heterocycles. The van der Waals surface area contributed by atoms with Gasteiger partial charge in [0, 0.05) is 12.6 Å². The summed E-state index contributed by atoms with van der Waals surface area (Å²) in [5.41, 5.74) is -0.00915. The molecule has 0 fully saturated rings. The number of rotatable bonds is 6. The van der Waals surface area contributed by atoms with Crippen LogP contribution in [0.15, 0.2) is 23.8 Å². The van der Waals surface area contributed by atoms with E-state index in [1.54, 1.807) is 6.07 Å². The molecule has 6 nitrogen and oxygen atoms in total. The lowest BCUT2D eigenvalue weighted by atomic mass is 10.1. The van der Waals surface area contributed by atoms with Crippen molar-refractivity contribution in [1.82, 2.24) is 5.32 Å². The van der Waals surface area contributed by atoms with Crippen LogP contribution in [0.5, 0.6) is 0 Å². The lowest BCUT2D eigenvalue weighted by Gasteiger charge is -2.03. The van der Waals surface area contributed by atoms with E-state index in [1.165, 1.54) is 24.3 Å². The van der Waals surface area contributed by atoms with Gasteiger partial charge in [-0.1, -0.05) is 31.0 Å². The molecule has 0 saturated carbocycles. The van der Waals surface area contributed by atoms with Gasteiger partial charge in [0.2, 0.25) is 0 Å². The van der Waals surface area contributed by atoms with Crippen molar-refractivity contribution in [2.45, 2.75) is 19.8 Å². The van der Waals surface area contributed by atoms with Gasteiger partial charge in [-0.15, -0.1) is 0 Å². The summed E-state index contributed by atoms with van der Waals surface area (Å²) in [4.78, 5) is 22.0. The molecular weight excluding hydrogens is 294 g/mol. The molecule has 0 spiro atoms. The van der Waals surface area contributed by atoms with Gasteiger partial charge in [-0.3, -0.25) is 14.9 Å². The molecule has 0 atom stereocenters. The zero-order chi connectivity index (χ0) is 15.8. The monoisotopic (exact) mass is 307 g/mol. The van der Waals surface area contributed by atoms with Gasteiger partial charge >= 0.3 is 0 Å². The largest absolute Gasteiger partial charge is 0.351 e. The van der Waals surface area contributed by atoms with Crippen molar-refractivity contribution < 1.29 is 9.72 Å². The number of nitriles is 1. The van der Waals surface area contributed by atoms with Crippen LogP contribution in [-0.4, -0.2) is 17.4 Å². The van der Waals surface area contributed by atoms with Crippen molar-refractivity contribution in [1.29, 1.82) is 5.26 Å². The second-order valence-electron chi connectivity index (χ2n) is 4.25. The Morgan fingerprint density at radius 2 is 2.29 bits per heavy atom. The van der Waals surface area contributed by atoms with Gasteiger partial charge in [0.05, 0.1) is 4.92 Å². The first-order valence-electron chi connectivity index (χ1n) is 6.33. The summed E-state index contributed by atoms with van der Waals surface area (Å²) >= 11 is 5.70. The maximum absolute atomic E-state index is 11.8. The first-order valence-corrected chi connectivity index (χ1v) is 6.71. The van der Waals surface area contributed by atoms with E-state index in [4.69, 9.17) is 16.9 Å². The molecule has 0 aliphatic rings. The maximum atomic E-state index is 11.8. The Hall–Kier alpha value is -2.39. The molecule has 1 rings (SSSR count). The number of hydrogen-bond acceptors (Lipinski definition) is 4. The highest BCUT2D eigenvalue weighted by molar-refractivity contribution is 6.32. The normalized spacial score (nSPS) is 10.8.